The average molecular weight is 598 g/mol. The maximum absolute atomic E-state index is 12.0. The van der Waals surface area contributed by atoms with Gasteiger partial charge < -0.3 is 29.0 Å². The lowest BCUT2D eigenvalue weighted by molar-refractivity contribution is -0.277. The minimum Gasteiger partial charge on any atom is -0.463 e. The lowest BCUT2D eigenvalue weighted by Crippen LogP contribution is -2.66. The third-order valence-corrected chi connectivity index (χ3v) is 7.01. The molecule has 42 heavy (non-hydrogen) atoms. The molecule has 0 radical (unpaired) electrons. The van der Waals surface area contributed by atoms with Crippen molar-refractivity contribution in [2.75, 3.05) is 13.2 Å². The molecular formula is C32H55NO9. The first-order valence-electron chi connectivity index (χ1n) is 15.8. The number of rotatable bonds is 22. The Bertz CT molecular complexity index is 816. The molecule has 1 rings (SSSR count). The van der Waals surface area contributed by atoms with Crippen LogP contribution in [-0.2, 0) is 42.9 Å². The molecule has 0 unspecified atom stereocenters. The van der Waals surface area contributed by atoms with Crippen molar-refractivity contribution >= 4 is 23.8 Å². The number of allylic oxidation sites excluding steroid dienone is 2. The van der Waals surface area contributed by atoms with Crippen molar-refractivity contribution in [3.05, 3.63) is 12.2 Å². The van der Waals surface area contributed by atoms with Gasteiger partial charge in [0.05, 0.1) is 0 Å². The van der Waals surface area contributed by atoms with Crippen LogP contribution >= 0.6 is 0 Å². The van der Waals surface area contributed by atoms with E-state index in [9.17, 15) is 19.2 Å². The number of esters is 3. The predicted molar refractivity (Wildman–Crippen MR) is 159 cm³/mol. The highest BCUT2D eigenvalue weighted by atomic mass is 16.7. The summed E-state index contributed by atoms with van der Waals surface area (Å²) in [5, 5.41) is 2.71. The Morgan fingerprint density at radius 1 is 0.690 bits per heavy atom. The molecule has 242 valence electrons. The molecular weight excluding hydrogens is 542 g/mol. The Kier molecular flexibility index (Phi) is 20.6. The van der Waals surface area contributed by atoms with Crippen molar-refractivity contribution < 1.29 is 42.9 Å². The van der Waals surface area contributed by atoms with E-state index in [1.807, 2.05) is 0 Å². The highest BCUT2D eigenvalue weighted by molar-refractivity contribution is 5.73. The molecule has 1 amide bonds. The summed E-state index contributed by atoms with van der Waals surface area (Å²) in [5.41, 5.74) is 0. The summed E-state index contributed by atoms with van der Waals surface area (Å²) in [6.07, 6.45) is 17.2. The minimum absolute atomic E-state index is 0.244. The molecule has 0 bridgehead atoms. The molecule has 0 aliphatic carbocycles. The van der Waals surface area contributed by atoms with Crippen molar-refractivity contribution in [1.82, 2.24) is 5.32 Å². The summed E-state index contributed by atoms with van der Waals surface area (Å²) in [6, 6.07) is -0.932. The van der Waals surface area contributed by atoms with Crippen LogP contribution < -0.4 is 5.32 Å². The zero-order chi connectivity index (χ0) is 31.2. The van der Waals surface area contributed by atoms with Gasteiger partial charge in [0, 0.05) is 34.3 Å². The summed E-state index contributed by atoms with van der Waals surface area (Å²) in [6.45, 7) is 7.34. The maximum atomic E-state index is 12.0. The van der Waals surface area contributed by atoms with E-state index in [0.29, 0.717) is 6.61 Å². The highest BCUT2D eigenvalue weighted by Crippen LogP contribution is 2.28. The Morgan fingerprint density at radius 3 is 1.74 bits per heavy atom. The number of ether oxygens (including phenoxy) is 5. The fourth-order valence-corrected chi connectivity index (χ4v) is 4.98. The maximum Gasteiger partial charge on any atom is 0.303 e. The third-order valence-electron chi connectivity index (χ3n) is 7.01. The topological polar surface area (TPSA) is 126 Å². The number of carbonyl (C=O) groups excluding carboxylic acids is 4. The number of unbranched alkanes of at least 4 members (excludes halogenated alkanes) is 12. The molecule has 1 saturated heterocycles. The average Bonchev–Trinajstić information content (AvgIpc) is 2.91. The van der Waals surface area contributed by atoms with Crippen LogP contribution in [0.25, 0.3) is 0 Å². The first kappa shape index (κ1) is 37.6. The first-order chi connectivity index (χ1) is 20.1. The Balaban J connectivity index is 2.50. The predicted octanol–water partition coefficient (Wildman–Crippen LogP) is 5.70. The van der Waals surface area contributed by atoms with Crippen molar-refractivity contribution in [2.45, 2.75) is 155 Å². The van der Waals surface area contributed by atoms with E-state index in [0.717, 1.165) is 32.1 Å². The van der Waals surface area contributed by atoms with Gasteiger partial charge in [-0.2, -0.15) is 0 Å². The van der Waals surface area contributed by atoms with E-state index in [1.165, 1.54) is 85.5 Å². The number of hydrogen-bond acceptors (Lipinski definition) is 9. The Morgan fingerprint density at radius 2 is 1.21 bits per heavy atom. The quantitative estimate of drug-likeness (QED) is 0.0724. The number of carbonyl (C=O) groups is 4. The third kappa shape index (κ3) is 17.5. The van der Waals surface area contributed by atoms with Crippen LogP contribution in [0.3, 0.4) is 0 Å². The molecule has 1 aliphatic rings. The smallest absolute Gasteiger partial charge is 0.303 e. The van der Waals surface area contributed by atoms with E-state index >= 15 is 0 Å². The standard InChI is InChI=1S/C32H55NO9/c1-6-7-8-9-10-11-12-13-14-15-16-17-18-19-20-21-22-38-32-29(33-24(2)34)31(41-27(5)37)30(40-26(4)36)28(42-32)23-39-25(3)35/h13-14,28-32H,6-12,15-23H2,1-5H3,(H,33,34)/b14-13-/t28-,29-,30-,31-,32-/m1/s1. The first-order valence-corrected chi connectivity index (χ1v) is 15.8. The van der Waals surface area contributed by atoms with Gasteiger partial charge in [-0.05, 0) is 32.1 Å². The molecule has 1 fully saturated rings. The van der Waals surface area contributed by atoms with Crippen molar-refractivity contribution in [3.63, 3.8) is 0 Å². The zero-order valence-corrected chi connectivity index (χ0v) is 26.5. The van der Waals surface area contributed by atoms with Gasteiger partial charge in [-0.3, -0.25) is 19.2 Å². The summed E-state index contributed by atoms with van der Waals surface area (Å²) in [4.78, 5) is 47.2. The van der Waals surface area contributed by atoms with Crippen molar-refractivity contribution in [1.29, 1.82) is 0 Å². The Hall–Kier alpha value is -2.46. The fraction of sp³-hybridized carbons (Fsp3) is 0.812. The van der Waals surface area contributed by atoms with Crippen molar-refractivity contribution in [3.8, 4) is 0 Å². The second-order valence-corrected chi connectivity index (χ2v) is 11.0. The molecule has 0 saturated carbocycles. The van der Waals surface area contributed by atoms with Crippen LogP contribution in [0.1, 0.15) is 125 Å². The molecule has 5 atom stereocenters. The molecule has 1 heterocycles. The Labute approximate surface area is 252 Å². The lowest BCUT2D eigenvalue weighted by atomic mass is 9.96. The molecule has 0 aromatic heterocycles. The zero-order valence-electron chi connectivity index (χ0n) is 26.5. The SMILES string of the molecule is CCCCCCCC/C=C\CCCCCCCCO[C@@H]1O[C@H](COC(C)=O)[C@@H](OC(C)=O)[C@H](OC(C)=O)[C@H]1NC(C)=O. The minimum atomic E-state index is -1.12. The number of amides is 1. The van der Waals surface area contributed by atoms with Gasteiger partial charge in [0.2, 0.25) is 5.91 Å². The van der Waals surface area contributed by atoms with Gasteiger partial charge in [-0.1, -0.05) is 76.9 Å². The van der Waals surface area contributed by atoms with Crippen LogP contribution in [0, 0.1) is 0 Å². The van der Waals surface area contributed by atoms with Crippen LogP contribution in [-0.4, -0.2) is 67.7 Å². The lowest BCUT2D eigenvalue weighted by Gasteiger charge is -2.44. The van der Waals surface area contributed by atoms with E-state index in [1.54, 1.807) is 0 Å². The summed E-state index contributed by atoms with van der Waals surface area (Å²) in [7, 11) is 0. The molecule has 1 aliphatic heterocycles. The largest absolute Gasteiger partial charge is 0.463 e. The van der Waals surface area contributed by atoms with E-state index in [2.05, 4.69) is 24.4 Å². The molecule has 0 aromatic rings. The fourth-order valence-electron chi connectivity index (χ4n) is 4.98. The molecule has 10 heteroatoms. The van der Waals surface area contributed by atoms with Gasteiger partial charge in [0.1, 0.15) is 18.8 Å². The van der Waals surface area contributed by atoms with Crippen molar-refractivity contribution in [2.24, 2.45) is 0 Å². The van der Waals surface area contributed by atoms with Gasteiger partial charge in [-0.25, -0.2) is 0 Å². The van der Waals surface area contributed by atoms with E-state index < -0.39 is 54.5 Å². The normalized spacial score (nSPS) is 22.1. The molecule has 10 nitrogen and oxygen atoms in total. The van der Waals surface area contributed by atoms with Crippen LogP contribution in [0.2, 0.25) is 0 Å². The van der Waals surface area contributed by atoms with Crippen LogP contribution in [0.15, 0.2) is 12.2 Å². The van der Waals surface area contributed by atoms with Gasteiger partial charge in [0.25, 0.3) is 0 Å². The van der Waals surface area contributed by atoms with E-state index in [4.69, 9.17) is 23.7 Å². The van der Waals surface area contributed by atoms with E-state index in [-0.39, 0.29) is 6.61 Å². The monoisotopic (exact) mass is 597 g/mol. The molecule has 0 spiro atoms. The van der Waals surface area contributed by atoms with Gasteiger partial charge >= 0.3 is 17.9 Å². The summed E-state index contributed by atoms with van der Waals surface area (Å²) in [5.74, 6) is -2.21. The number of nitrogens with one attached hydrogen (secondary N) is 1. The number of hydrogen-bond donors (Lipinski definition) is 1. The van der Waals surface area contributed by atoms with Gasteiger partial charge in [0.15, 0.2) is 18.5 Å². The highest BCUT2D eigenvalue weighted by Gasteiger charge is 2.51. The second kappa shape index (κ2) is 23.1. The second-order valence-electron chi connectivity index (χ2n) is 11.0. The molecule has 0 aromatic carbocycles. The summed E-state index contributed by atoms with van der Waals surface area (Å²) < 4.78 is 28.0. The molecule has 1 N–H and O–H groups in total. The summed E-state index contributed by atoms with van der Waals surface area (Å²) >= 11 is 0. The van der Waals surface area contributed by atoms with Gasteiger partial charge in [-0.15, -0.1) is 0 Å². The van der Waals surface area contributed by atoms with Crippen LogP contribution in [0.5, 0.6) is 0 Å². The van der Waals surface area contributed by atoms with Crippen LogP contribution in [0.4, 0.5) is 0 Å².